The average molecular weight is 529 g/mol. The van der Waals surface area contributed by atoms with Gasteiger partial charge in [-0.15, -0.1) is 12.4 Å². The summed E-state index contributed by atoms with van der Waals surface area (Å²) in [6.45, 7) is 2.98. The van der Waals surface area contributed by atoms with Gasteiger partial charge in [-0.05, 0) is 47.9 Å². The van der Waals surface area contributed by atoms with E-state index in [1.807, 2.05) is 12.1 Å². The van der Waals surface area contributed by atoms with Crippen LogP contribution in [-0.2, 0) is 27.8 Å². The number of alkyl halides is 3. The molecule has 1 N–H and O–H groups in total. The highest BCUT2D eigenvalue weighted by Crippen LogP contribution is 2.32. The number of carbonyl (C=O) groups is 1. The molecule has 0 atom stereocenters. The van der Waals surface area contributed by atoms with Crippen molar-refractivity contribution >= 4 is 44.9 Å². The summed E-state index contributed by atoms with van der Waals surface area (Å²) in [7, 11) is -4.01. The molecule has 1 saturated heterocycles. The summed E-state index contributed by atoms with van der Waals surface area (Å²) >= 11 is 0. The number of amides is 1. The van der Waals surface area contributed by atoms with Crippen molar-refractivity contribution in [3.8, 4) is 0 Å². The summed E-state index contributed by atoms with van der Waals surface area (Å²) in [5, 5.41) is 4.11. The average Bonchev–Trinajstić information content (AvgIpc) is 3.28. The van der Waals surface area contributed by atoms with Crippen molar-refractivity contribution in [1.29, 1.82) is 0 Å². The summed E-state index contributed by atoms with van der Waals surface area (Å²) in [5.74, 6) is -1.91. The summed E-state index contributed by atoms with van der Waals surface area (Å²) in [6.07, 6.45) is -3.23. The molecule has 0 saturated carbocycles. The number of rotatable bonds is 3. The summed E-state index contributed by atoms with van der Waals surface area (Å²) in [4.78, 5) is 14.6. The van der Waals surface area contributed by atoms with E-state index in [2.05, 4.69) is 10.2 Å². The summed E-state index contributed by atoms with van der Waals surface area (Å²) < 4.78 is 66.9. The second-order valence-electron chi connectivity index (χ2n) is 8.47. The van der Waals surface area contributed by atoms with Crippen LogP contribution in [0.15, 0.2) is 53.6 Å². The van der Waals surface area contributed by atoms with Gasteiger partial charge in [0.2, 0.25) is 0 Å². The molecule has 2 aliphatic heterocycles. The van der Waals surface area contributed by atoms with Crippen molar-refractivity contribution in [1.82, 2.24) is 14.2 Å². The van der Waals surface area contributed by atoms with E-state index in [1.54, 1.807) is 18.2 Å². The van der Waals surface area contributed by atoms with Crippen LogP contribution in [0.3, 0.4) is 0 Å². The van der Waals surface area contributed by atoms with E-state index in [1.165, 1.54) is 22.3 Å². The molecule has 3 heterocycles. The number of hydrogen-bond donors (Lipinski definition) is 1. The molecule has 7 nitrogen and oxygen atoms in total. The lowest BCUT2D eigenvalue weighted by Crippen LogP contribution is -2.43. The molecule has 0 radical (unpaired) electrons. The standard InChI is InChI=1S/C23H23F3N4O3S.ClH/c24-23(25,26)22(31)29-10-6-16-4-5-18(14-17(16)15-29)34(32,33)30-11-7-19-20(2-1-3-21(19)30)28-12-8-27-9-13-28;/h1-5,7,11,14,27H,6,8-10,12-13,15H2;1H. The van der Waals surface area contributed by atoms with Gasteiger partial charge in [-0.1, -0.05) is 12.1 Å². The highest BCUT2D eigenvalue weighted by atomic mass is 35.5. The minimum Gasteiger partial charge on any atom is -0.368 e. The zero-order valence-electron chi connectivity index (χ0n) is 18.6. The van der Waals surface area contributed by atoms with Crippen LogP contribution in [0.25, 0.3) is 10.9 Å². The fourth-order valence-electron chi connectivity index (χ4n) is 4.68. The molecule has 188 valence electrons. The fourth-order valence-corrected chi connectivity index (χ4v) is 6.08. The molecule has 5 rings (SSSR count). The van der Waals surface area contributed by atoms with Gasteiger partial charge in [0.1, 0.15) is 0 Å². The van der Waals surface area contributed by atoms with Crippen molar-refractivity contribution < 1.29 is 26.4 Å². The molecule has 35 heavy (non-hydrogen) atoms. The Morgan fingerprint density at radius 1 is 0.971 bits per heavy atom. The highest BCUT2D eigenvalue weighted by molar-refractivity contribution is 7.90. The lowest BCUT2D eigenvalue weighted by Gasteiger charge is -2.30. The Morgan fingerprint density at radius 2 is 1.71 bits per heavy atom. The Morgan fingerprint density at radius 3 is 2.43 bits per heavy atom. The van der Waals surface area contributed by atoms with Crippen molar-refractivity contribution in [2.75, 3.05) is 37.6 Å². The van der Waals surface area contributed by atoms with E-state index < -0.39 is 22.1 Å². The number of carbonyl (C=O) groups excluding carboxylic acids is 1. The van der Waals surface area contributed by atoms with Crippen LogP contribution in [0.2, 0.25) is 0 Å². The number of aromatic nitrogens is 1. The van der Waals surface area contributed by atoms with Crippen LogP contribution in [0.5, 0.6) is 0 Å². The van der Waals surface area contributed by atoms with Gasteiger partial charge in [0.15, 0.2) is 0 Å². The van der Waals surface area contributed by atoms with E-state index >= 15 is 0 Å². The zero-order valence-corrected chi connectivity index (χ0v) is 20.2. The van der Waals surface area contributed by atoms with Crippen LogP contribution in [-0.4, -0.2) is 62.1 Å². The van der Waals surface area contributed by atoms with Crippen molar-refractivity contribution in [2.45, 2.75) is 24.0 Å². The van der Waals surface area contributed by atoms with E-state index in [9.17, 15) is 26.4 Å². The molecule has 2 aliphatic rings. The van der Waals surface area contributed by atoms with Gasteiger partial charge < -0.3 is 15.1 Å². The largest absolute Gasteiger partial charge is 0.471 e. The second kappa shape index (κ2) is 9.36. The minimum atomic E-state index is -4.96. The third-order valence-electron chi connectivity index (χ3n) is 6.41. The molecule has 2 aromatic carbocycles. The smallest absolute Gasteiger partial charge is 0.368 e. The number of anilines is 1. The number of nitrogens with zero attached hydrogens (tertiary/aromatic N) is 3. The maximum absolute atomic E-state index is 13.5. The van der Waals surface area contributed by atoms with Crippen LogP contribution in [0, 0.1) is 0 Å². The maximum Gasteiger partial charge on any atom is 0.471 e. The number of nitrogens with one attached hydrogen (secondary N) is 1. The zero-order chi connectivity index (χ0) is 24.1. The third kappa shape index (κ3) is 4.60. The molecule has 1 aromatic heterocycles. The molecular formula is C23H24ClF3N4O3S. The maximum atomic E-state index is 13.5. The van der Waals surface area contributed by atoms with Gasteiger partial charge in [-0.25, -0.2) is 12.4 Å². The molecule has 3 aromatic rings. The lowest BCUT2D eigenvalue weighted by molar-refractivity contribution is -0.186. The SMILES string of the molecule is Cl.O=C(N1CCc2ccc(S(=O)(=O)n3ccc4c(N5CCNCC5)cccc43)cc2C1)C(F)(F)F. The highest BCUT2D eigenvalue weighted by Gasteiger charge is 2.43. The molecule has 1 amide bonds. The van der Waals surface area contributed by atoms with Gasteiger partial charge in [0.25, 0.3) is 10.0 Å². The quantitative estimate of drug-likeness (QED) is 0.565. The van der Waals surface area contributed by atoms with Crippen LogP contribution in [0.1, 0.15) is 11.1 Å². The van der Waals surface area contributed by atoms with Crippen LogP contribution >= 0.6 is 12.4 Å². The fraction of sp³-hybridized carbons (Fsp3) is 0.348. The van der Waals surface area contributed by atoms with E-state index in [0.29, 0.717) is 16.0 Å². The molecule has 12 heteroatoms. The van der Waals surface area contributed by atoms with Gasteiger partial charge >= 0.3 is 12.1 Å². The Hall–Kier alpha value is -2.76. The van der Waals surface area contributed by atoms with Gasteiger partial charge in [0.05, 0.1) is 10.4 Å². The van der Waals surface area contributed by atoms with E-state index in [-0.39, 0.29) is 36.8 Å². The molecular weight excluding hydrogens is 505 g/mol. The summed E-state index contributed by atoms with van der Waals surface area (Å²) in [5.41, 5.74) is 2.63. The number of halogens is 4. The first-order valence-corrected chi connectivity index (χ1v) is 12.4. The molecule has 0 unspecified atom stereocenters. The summed E-state index contributed by atoms with van der Waals surface area (Å²) in [6, 6.07) is 11.8. The molecule has 0 bridgehead atoms. The Labute approximate surface area is 207 Å². The molecule has 0 spiro atoms. The number of fused-ring (bicyclic) bond motifs is 2. The van der Waals surface area contributed by atoms with Crippen molar-refractivity contribution in [2.24, 2.45) is 0 Å². The Kier molecular flexibility index (Phi) is 6.78. The monoisotopic (exact) mass is 528 g/mol. The Balaban J connectivity index is 0.00000289. The Bertz CT molecular complexity index is 1370. The number of hydrogen-bond acceptors (Lipinski definition) is 5. The first-order valence-electron chi connectivity index (χ1n) is 11.0. The van der Waals surface area contributed by atoms with Gasteiger partial charge in [-0.2, -0.15) is 13.2 Å². The predicted molar refractivity (Wildman–Crippen MR) is 128 cm³/mol. The first kappa shape index (κ1) is 25.3. The lowest BCUT2D eigenvalue weighted by atomic mass is 10.00. The molecule has 0 aliphatic carbocycles. The predicted octanol–water partition coefficient (Wildman–Crippen LogP) is 3.16. The van der Waals surface area contributed by atoms with Gasteiger partial charge in [-0.3, -0.25) is 4.79 Å². The van der Waals surface area contributed by atoms with Crippen molar-refractivity contribution in [3.05, 3.63) is 59.8 Å². The minimum absolute atomic E-state index is 0. The third-order valence-corrected chi connectivity index (χ3v) is 8.09. The van der Waals surface area contributed by atoms with Crippen LogP contribution < -0.4 is 10.2 Å². The van der Waals surface area contributed by atoms with Crippen molar-refractivity contribution in [3.63, 3.8) is 0 Å². The normalized spacial score (nSPS) is 16.7. The first-order chi connectivity index (χ1) is 16.2. The van der Waals surface area contributed by atoms with Crippen LogP contribution in [0.4, 0.5) is 18.9 Å². The second-order valence-corrected chi connectivity index (χ2v) is 10.3. The number of benzene rings is 2. The van der Waals surface area contributed by atoms with E-state index in [0.717, 1.165) is 42.8 Å². The number of piperazine rings is 1. The molecule has 1 fully saturated rings. The van der Waals surface area contributed by atoms with E-state index in [4.69, 9.17) is 0 Å². The topological polar surface area (TPSA) is 74.7 Å². The van der Waals surface area contributed by atoms with Gasteiger partial charge in [0, 0.05) is 56.5 Å².